The monoisotopic (exact) mass is 327 g/mol. The van der Waals surface area contributed by atoms with Crippen LogP contribution in [0.4, 0.5) is 0 Å². The van der Waals surface area contributed by atoms with Gasteiger partial charge < -0.3 is 14.8 Å². The van der Waals surface area contributed by atoms with Crippen molar-refractivity contribution < 1.29 is 14.3 Å². The lowest BCUT2D eigenvalue weighted by atomic mass is 9.95. The summed E-state index contributed by atoms with van der Waals surface area (Å²) in [6.07, 6.45) is 2.06. The molecule has 0 aliphatic rings. The number of rotatable bonds is 9. The molecule has 0 aromatic heterocycles. The van der Waals surface area contributed by atoms with E-state index in [0.717, 1.165) is 29.9 Å². The Kier molecular flexibility index (Phi) is 7.52. The molecule has 1 aromatic carbocycles. The first-order chi connectivity index (χ1) is 10.4. The normalized spacial score (nSPS) is 11.1. The van der Waals surface area contributed by atoms with Crippen molar-refractivity contribution in [1.29, 1.82) is 0 Å². The van der Waals surface area contributed by atoms with Gasteiger partial charge in [-0.15, -0.1) is 11.6 Å². The Morgan fingerprint density at radius 3 is 2.68 bits per heavy atom. The molecule has 0 bridgehead atoms. The summed E-state index contributed by atoms with van der Waals surface area (Å²) in [4.78, 5) is 12.1. The highest BCUT2D eigenvalue weighted by Crippen LogP contribution is 2.26. The fourth-order valence-corrected chi connectivity index (χ4v) is 1.87. The fraction of sp³-hybridized carbons (Fsp3) is 0.588. The maximum Gasteiger partial charge on any atom is 0.227 e. The number of amides is 1. The third-order valence-corrected chi connectivity index (χ3v) is 4.09. The van der Waals surface area contributed by atoms with Crippen LogP contribution in [0.5, 0.6) is 11.5 Å². The Labute approximate surface area is 138 Å². The summed E-state index contributed by atoms with van der Waals surface area (Å²) in [6.45, 7) is 6.82. The first kappa shape index (κ1) is 18.6. The van der Waals surface area contributed by atoms with Crippen molar-refractivity contribution in [3.05, 3.63) is 23.8 Å². The highest BCUT2D eigenvalue weighted by Gasteiger charge is 2.26. The zero-order valence-electron chi connectivity index (χ0n) is 13.9. The molecule has 0 unspecified atom stereocenters. The second-order valence-electron chi connectivity index (χ2n) is 5.88. The molecule has 0 spiro atoms. The number of hydrogen-bond donors (Lipinski definition) is 1. The molecule has 0 aliphatic heterocycles. The molecule has 0 aliphatic carbocycles. The van der Waals surface area contributed by atoms with Crippen LogP contribution in [0.25, 0.3) is 0 Å². The number of unbranched alkanes of at least 4 members (excludes halogenated alkanes) is 1. The molecule has 1 rings (SSSR count). The van der Waals surface area contributed by atoms with E-state index in [4.69, 9.17) is 21.1 Å². The summed E-state index contributed by atoms with van der Waals surface area (Å²) < 4.78 is 11.0. The van der Waals surface area contributed by atoms with E-state index in [-0.39, 0.29) is 11.8 Å². The number of hydrogen-bond acceptors (Lipinski definition) is 3. The van der Waals surface area contributed by atoms with E-state index in [0.29, 0.717) is 13.2 Å². The maximum absolute atomic E-state index is 12.1. The van der Waals surface area contributed by atoms with Gasteiger partial charge in [0, 0.05) is 24.1 Å². The predicted octanol–water partition coefficient (Wildman–Crippen LogP) is 3.76. The average molecular weight is 328 g/mol. The van der Waals surface area contributed by atoms with Crippen LogP contribution in [0, 0.1) is 5.41 Å². The molecule has 0 saturated heterocycles. The largest absolute Gasteiger partial charge is 0.497 e. The minimum Gasteiger partial charge on any atom is -0.497 e. The molecule has 1 aromatic rings. The van der Waals surface area contributed by atoms with Gasteiger partial charge in [-0.1, -0.05) is 13.3 Å². The van der Waals surface area contributed by atoms with E-state index < -0.39 is 5.41 Å². The van der Waals surface area contributed by atoms with Crippen LogP contribution in [-0.2, 0) is 11.3 Å². The van der Waals surface area contributed by atoms with E-state index >= 15 is 0 Å². The Balaban J connectivity index is 2.77. The second-order valence-corrected chi connectivity index (χ2v) is 6.14. The molecule has 4 nitrogen and oxygen atoms in total. The number of alkyl halides is 1. The van der Waals surface area contributed by atoms with Gasteiger partial charge in [-0.25, -0.2) is 0 Å². The summed E-state index contributed by atoms with van der Waals surface area (Å²) >= 11 is 5.82. The second kappa shape index (κ2) is 8.89. The Hall–Kier alpha value is -1.42. The quantitative estimate of drug-likeness (QED) is 0.555. The van der Waals surface area contributed by atoms with E-state index in [1.165, 1.54) is 0 Å². The Bertz CT molecular complexity index is 489. The van der Waals surface area contributed by atoms with Crippen LogP contribution < -0.4 is 14.8 Å². The van der Waals surface area contributed by atoms with Crippen LogP contribution >= 0.6 is 11.6 Å². The van der Waals surface area contributed by atoms with Gasteiger partial charge in [0.15, 0.2) is 0 Å². The number of methoxy groups -OCH3 is 1. The standard InChI is InChI=1S/C17H26ClNO3/c1-5-6-9-22-15-10-14(21-4)8-7-13(15)11-19-16(20)17(2,3)12-18/h7-8,10H,5-6,9,11-12H2,1-4H3,(H,19,20). The predicted molar refractivity (Wildman–Crippen MR) is 89.7 cm³/mol. The van der Waals surface area contributed by atoms with Crippen molar-refractivity contribution in [3.8, 4) is 11.5 Å². The van der Waals surface area contributed by atoms with Crippen LogP contribution in [-0.4, -0.2) is 25.5 Å². The number of ether oxygens (including phenoxy) is 2. The lowest BCUT2D eigenvalue weighted by Gasteiger charge is -2.21. The van der Waals surface area contributed by atoms with E-state index in [2.05, 4.69) is 12.2 Å². The molecule has 22 heavy (non-hydrogen) atoms. The highest BCUT2D eigenvalue weighted by molar-refractivity contribution is 6.19. The molecule has 0 heterocycles. The number of carbonyl (C=O) groups excluding carboxylic acids is 1. The number of carbonyl (C=O) groups is 1. The van der Waals surface area contributed by atoms with Gasteiger partial charge in [-0.2, -0.15) is 0 Å². The van der Waals surface area contributed by atoms with Crippen molar-refractivity contribution in [3.63, 3.8) is 0 Å². The summed E-state index contributed by atoms with van der Waals surface area (Å²) in [6, 6.07) is 5.62. The molecule has 0 saturated carbocycles. The highest BCUT2D eigenvalue weighted by atomic mass is 35.5. The van der Waals surface area contributed by atoms with Crippen molar-refractivity contribution in [2.24, 2.45) is 5.41 Å². The SMILES string of the molecule is CCCCOc1cc(OC)ccc1CNC(=O)C(C)(C)CCl. The van der Waals surface area contributed by atoms with Crippen molar-refractivity contribution >= 4 is 17.5 Å². The molecule has 5 heteroatoms. The molecule has 0 fully saturated rings. The lowest BCUT2D eigenvalue weighted by molar-refractivity contribution is -0.128. The molecule has 0 radical (unpaired) electrons. The average Bonchev–Trinajstić information content (AvgIpc) is 2.53. The lowest BCUT2D eigenvalue weighted by Crippen LogP contribution is -2.37. The van der Waals surface area contributed by atoms with Gasteiger partial charge in [0.1, 0.15) is 11.5 Å². The summed E-state index contributed by atoms with van der Waals surface area (Å²) in [5.74, 6) is 1.69. The zero-order valence-corrected chi connectivity index (χ0v) is 14.6. The van der Waals surface area contributed by atoms with E-state index in [1.54, 1.807) is 7.11 Å². The molecule has 1 amide bonds. The molecule has 124 valence electrons. The molecule has 0 atom stereocenters. The van der Waals surface area contributed by atoms with E-state index in [1.807, 2.05) is 32.0 Å². The minimum absolute atomic E-state index is 0.0715. The van der Waals surface area contributed by atoms with Crippen LogP contribution in [0.2, 0.25) is 0 Å². The topological polar surface area (TPSA) is 47.6 Å². The third kappa shape index (κ3) is 5.41. The van der Waals surface area contributed by atoms with Gasteiger partial charge in [0.05, 0.1) is 19.1 Å². The van der Waals surface area contributed by atoms with Gasteiger partial charge >= 0.3 is 0 Å². The fourth-order valence-electron chi connectivity index (χ4n) is 1.74. The van der Waals surface area contributed by atoms with Gasteiger partial charge in [-0.05, 0) is 32.4 Å². The summed E-state index contributed by atoms with van der Waals surface area (Å²) in [5.41, 5.74) is 0.340. The smallest absolute Gasteiger partial charge is 0.227 e. The number of halogens is 1. The Morgan fingerprint density at radius 2 is 2.09 bits per heavy atom. The summed E-state index contributed by atoms with van der Waals surface area (Å²) in [7, 11) is 1.62. The number of benzene rings is 1. The first-order valence-corrected chi connectivity index (χ1v) is 8.12. The van der Waals surface area contributed by atoms with Crippen LogP contribution in [0.15, 0.2) is 18.2 Å². The first-order valence-electron chi connectivity index (χ1n) is 7.58. The molecular weight excluding hydrogens is 302 g/mol. The third-order valence-electron chi connectivity index (χ3n) is 3.42. The van der Waals surface area contributed by atoms with Crippen molar-refractivity contribution in [2.45, 2.75) is 40.2 Å². The van der Waals surface area contributed by atoms with Gasteiger partial charge in [0.2, 0.25) is 5.91 Å². The van der Waals surface area contributed by atoms with Gasteiger partial charge in [-0.3, -0.25) is 4.79 Å². The van der Waals surface area contributed by atoms with Crippen molar-refractivity contribution in [1.82, 2.24) is 5.32 Å². The molecule has 1 N–H and O–H groups in total. The Morgan fingerprint density at radius 1 is 1.36 bits per heavy atom. The van der Waals surface area contributed by atoms with Gasteiger partial charge in [0.25, 0.3) is 0 Å². The molecular formula is C17H26ClNO3. The maximum atomic E-state index is 12.1. The van der Waals surface area contributed by atoms with Crippen LogP contribution in [0.3, 0.4) is 0 Å². The number of nitrogens with one attached hydrogen (secondary N) is 1. The van der Waals surface area contributed by atoms with Crippen molar-refractivity contribution in [2.75, 3.05) is 19.6 Å². The zero-order chi connectivity index (χ0) is 16.6. The summed E-state index contributed by atoms with van der Waals surface area (Å²) in [5, 5.41) is 2.91. The van der Waals surface area contributed by atoms with E-state index in [9.17, 15) is 4.79 Å². The minimum atomic E-state index is -0.586. The van der Waals surface area contributed by atoms with Crippen LogP contribution in [0.1, 0.15) is 39.2 Å².